The van der Waals surface area contributed by atoms with Crippen LogP contribution < -0.4 is 10.6 Å². The van der Waals surface area contributed by atoms with Gasteiger partial charge in [-0.3, -0.25) is 19.4 Å². The van der Waals surface area contributed by atoms with Crippen LogP contribution in [0.4, 0.5) is 0 Å². The zero-order chi connectivity index (χ0) is 21.3. The summed E-state index contributed by atoms with van der Waals surface area (Å²) in [5, 5.41) is 5.32. The molecule has 0 aliphatic carbocycles. The third kappa shape index (κ3) is 5.28. The number of aldehydes is 1. The maximum Gasteiger partial charge on any atom is 0.253 e. The molecule has 30 heavy (non-hydrogen) atoms. The molecule has 1 aliphatic rings. The first-order chi connectivity index (χ1) is 14.6. The highest BCUT2D eigenvalue weighted by Gasteiger charge is 2.37. The zero-order valence-corrected chi connectivity index (χ0v) is 16.5. The van der Waals surface area contributed by atoms with Crippen molar-refractivity contribution in [1.29, 1.82) is 0 Å². The highest BCUT2D eigenvalue weighted by molar-refractivity contribution is 5.98. The number of aromatic nitrogens is 1. The molecule has 0 unspecified atom stereocenters. The first-order valence-corrected chi connectivity index (χ1v) is 9.87. The van der Waals surface area contributed by atoms with Gasteiger partial charge in [0.2, 0.25) is 11.8 Å². The summed E-state index contributed by atoms with van der Waals surface area (Å²) in [6, 6.07) is 11.2. The van der Waals surface area contributed by atoms with Crippen molar-refractivity contribution in [2.75, 3.05) is 13.1 Å². The summed E-state index contributed by atoms with van der Waals surface area (Å²) >= 11 is 0. The van der Waals surface area contributed by atoms with Crippen LogP contribution in [0, 0.1) is 0 Å². The molecule has 156 valence electrons. The molecule has 1 saturated heterocycles. The fourth-order valence-electron chi connectivity index (χ4n) is 3.55. The maximum absolute atomic E-state index is 13.4. The summed E-state index contributed by atoms with van der Waals surface area (Å²) in [4.78, 5) is 54.4. The molecule has 0 radical (unpaired) electrons. The minimum absolute atomic E-state index is 0.0947. The summed E-state index contributed by atoms with van der Waals surface area (Å²) in [7, 11) is 0. The Morgan fingerprint density at radius 2 is 1.97 bits per heavy atom. The van der Waals surface area contributed by atoms with Crippen LogP contribution in [-0.2, 0) is 20.8 Å². The quantitative estimate of drug-likeness (QED) is 0.626. The van der Waals surface area contributed by atoms with Crippen molar-refractivity contribution >= 4 is 24.0 Å². The molecule has 1 aromatic heterocycles. The van der Waals surface area contributed by atoms with Crippen LogP contribution in [-0.4, -0.2) is 59.1 Å². The largest absolute Gasteiger partial charge is 0.348 e. The van der Waals surface area contributed by atoms with Crippen molar-refractivity contribution in [3.8, 4) is 0 Å². The molecule has 3 rings (SSSR count). The van der Waals surface area contributed by atoms with Crippen molar-refractivity contribution in [1.82, 2.24) is 20.5 Å². The van der Waals surface area contributed by atoms with E-state index in [0.29, 0.717) is 37.7 Å². The number of nitrogens with one attached hydrogen (secondary N) is 2. The van der Waals surface area contributed by atoms with Crippen molar-refractivity contribution in [2.45, 2.75) is 31.3 Å². The molecule has 8 heteroatoms. The standard InChI is InChI=1S/C22H24N4O4/c27-13-11-24-21(29)19-9-5-12-26(19)22(30)18(14-16-6-2-1-3-7-16)25-20(28)17-8-4-10-23-15-17/h1-4,6-8,10,13,15,18-19H,5,9,11-12,14H2,(H,24,29)(H,25,28)/t18-,19+/m1/s1. The molecule has 0 bridgehead atoms. The fraction of sp³-hybridized carbons (Fsp3) is 0.318. The van der Waals surface area contributed by atoms with Gasteiger partial charge in [0.15, 0.2) is 0 Å². The molecule has 0 saturated carbocycles. The number of rotatable bonds is 8. The fourth-order valence-corrected chi connectivity index (χ4v) is 3.55. The van der Waals surface area contributed by atoms with E-state index in [0.717, 1.165) is 5.56 Å². The molecule has 2 N–H and O–H groups in total. The second-order valence-corrected chi connectivity index (χ2v) is 7.06. The van der Waals surface area contributed by atoms with Crippen molar-refractivity contribution in [3.05, 3.63) is 66.0 Å². The molecule has 2 aromatic rings. The van der Waals surface area contributed by atoms with Gasteiger partial charge in [0.25, 0.3) is 5.91 Å². The number of benzene rings is 1. The highest BCUT2D eigenvalue weighted by Crippen LogP contribution is 2.20. The molecule has 1 aromatic carbocycles. The number of carbonyl (C=O) groups is 4. The molecule has 3 amide bonds. The van der Waals surface area contributed by atoms with E-state index >= 15 is 0 Å². The lowest BCUT2D eigenvalue weighted by Gasteiger charge is -2.28. The molecule has 1 aliphatic heterocycles. The molecule has 1 fully saturated rings. The van der Waals surface area contributed by atoms with E-state index in [4.69, 9.17) is 0 Å². The van der Waals surface area contributed by atoms with Crippen molar-refractivity contribution < 1.29 is 19.2 Å². The minimum Gasteiger partial charge on any atom is -0.348 e. The first-order valence-electron chi connectivity index (χ1n) is 9.87. The van der Waals surface area contributed by atoms with Gasteiger partial charge in [0.1, 0.15) is 18.4 Å². The van der Waals surface area contributed by atoms with Crippen LogP contribution in [0.25, 0.3) is 0 Å². The van der Waals surface area contributed by atoms with Gasteiger partial charge in [-0.25, -0.2) is 0 Å². The molecule has 2 heterocycles. The van der Waals surface area contributed by atoms with Gasteiger partial charge in [-0.2, -0.15) is 0 Å². The lowest BCUT2D eigenvalue weighted by atomic mass is 10.0. The van der Waals surface area contributed by atoms with E-state index in [2.05, 4.69) is 15.6 Å². The number of hydrogen-bond donors (Lipinski definition) is 2. The molecule has 2 atom stereocenters. The lowest BCUT2D eigenvalue weighted by Crippen LogP contribution is -2.54. The zero-order valence-electron chi connectivity index (χ0n) is 16.5. The average Bonchev–Trinajstić information content (AvgIpc) is 3.28. The lowest BCUT2D eigenvalue weighted by molar-refractivity contribution is -0.139. The van der Waals surface area contributed by atoms with E-state index < -0.39 is 18.0 Å². The predicted octanol–water partition coefficient (Wildman–Crippen LogP) is 0.729. The third-order valence-electron chi connectivity index (χ3n) is 5.01. The number of hydrogen-bond acceptors (Lipinski definition) is 5. The number of pyridine rings is 1. The van der Waals surface area contributed by atoms with E-state index in [1.54, 1.807) is 18.3 Å². The smallest absolute Gasteiger partial charge is 0.253 e. The second kappa shape index (κ2) is 10.3. The Morgan fingerprint density at radius 3 is 2.67 bits per heavy atom. The van der Waals surface area contributed by atoms with Crippen LogP contribution in [0.3, 0.4) is 0 Å². The topological polar surface area (TPSA) is 108 Å². The second-order valence-electron chi connectivity index (χ2n) is 7.06. The first kappa shape index (κ1) is 21.2. The molecule has 0 spiro atoms. The van der Waals surface area contributed by atoms with E-state index in [-0.39, 0.29) is 18.4 Å². The number of likely N-dealkylation sites (tertiary alicyclic amines) is 1. The summed E-state index contributed by atoms with van der Waals surface area (Å²) in [5.41, 5.74) is 1.24. The molecular weight excluding hydrogens is 384 g/mol. The van der Waals surface area contributed by atoms with Gasteiger partial charge >= 0.3 is 0 Å². The van der Waals surface area contributed by atoms with Gasteiger partial charge < -0.3 is 20.3 Å². The van der Waals surface area contributed by atoms with E-state index in [1.165, 1.54) is 11.1 Å². The highest BCUT2D eigenvalue weighted by atomic mass is 16.2. The van der Waals surface area contributed by atoms with Gasteiger partial charge in [-0.05, 0) is 30.5 Å². The van der Waals surface area contributed by atoms with Crippen LogP contribution in [0.15, 0.2) is 54.9 Å². The minimum atomic E-state index is -0.834. The Balaban J connectivity index is 1.79. The Labute approximate surface area is 174 Å². The van der Waals surface area contributed by atoms with Crippen molar-refractivity contribution in [2.24, 2.45) is 0 Å². The van der Waals surface area contributed by atoms with E-state index in [9.17, 15) is 19.2 Å². The summed E-state index contributed by atoms with van der Waals surface area (Å²) in [6.45, 7) is 0.328. The summed E-state index contributed by atoms with van der Waals surface area (Å²) in [5.74, 6) is -1.08. The number of amides is 3. The van der Waals surface area contributed by atoms with Gasteiger partial charge in [-0.15, -0.1) is 0 Å². The van der Waals surface area contributed by atoms with E-state index in [1.807, 2.05) is 30.3 Å². The number of nitrogens with zero attached hydrogens (tertiary/aromatic N) is 2. The monoisotopic (exact) mass is 408 g/mol. The predicted molar refractivity (Wildman–Crippen MR) is 109 cm³/mol. The third-order valence-corrected chi connectivity index (χ3v) is 5.01. The van der Waals surface area contributed by atoms with Crippen LogP contribution in [0.1, 0.15) is 28.8 Å². The Morgan fingerprint density at radius 1 is 1.17 bits per heavy atom. The van der Waals surface area contributed by atoms with Crippen molar-refractivity contribution in [3.63, 3.8) is 0 Å². The maximum atomic E-state index is 13.4. The summed E-state index contributed by atoms with van der Waals surface area (Å²) < 4.78 is 0. The Hall–Kier alpha value is -3.55. The van der Waals surface area contributed by atoms with Crippen LogP contribution >= 0.6 is 0 Å². The molecular formula is C22H24N4O4. The normalized spacial score (nSPS) is 16.5. The molecule has 8 nitrogen and oxygen atoms in total. The van der Waals surface area contributed by atoms with Gasteiger partial charge in [0, 0.05) is 25.4 Å². The van der Waals surface area contributed by atoms with Gasteiger partial charge in [0.05, 0.1) is 12.1 Å². The number of carbonyl (C=O) groups excluding carboxylic acids is 4. The Kier molecular flexibility index (Phi) is 7.26. The van der Waals surface area contributed by atoms with Gasteiger partial charge in [-0.1, -0.05) is 30.3 Å². The SMILES string of the molecule is O=CCNC(=O)[C@@H]1CCCN1C(=O)[C@@H](Cc1ccccc1)NC(=O)c1cccnc1. The van der Waals surface area contributed by atoms with Crippen LogP contribution in [0.5, 0.6) is 0 Å². The summed E-state index contributed by atoms with van der Waals surface area (Å²) in [6.07, 6.45) is 5.10. The average molecular weight is 408 g/mol. The van der Waals surface area contributed by atoms with Crippen LogP contribution in [0.2, 0.25) is 0 Å². The Bertz CT molecular complexity index is 889.